The van der Waals surface area contributed by atoms with Crippen molar-refractivity contribution < 1.29 is 14.6 Å². The van der Waals surface area contributed by atoms with Gasteiger partial charge in [0.1, 0.15) is 5.75 Å². The minimum Gasteiger partial charge on any atom is -0.491 e. The van der Waals surface area contributed by atoms with Gasteiger partial charge in [-0.2, -0.15) is 0 Å². The molecule has 0 amide bonds. The number of nitrogens with two attached hydrogens (primary N) is 1. The normalized spacial score (nSPS) is 9.93. The van der Waals surface area contributed by atoms with Crippen LogP contribution in [0.15, 0.2) is 18.2 Å². The quantitative estimate of drug-likeness (QED) is 0.575. The monoisotopic (exact) mass is 209 g/mol. The van der Waals surface area contributed by atoms with Crippen LogP contribution >= 0.6 is 0 Å². The van der Waals surface area contributed by atoms with Crippen LogP contribution in [0.2, 0.25) is 0 Å². The molecule has 0 aliphatic heterocycles. The van der Waals surface area contributed by atoms with E-state index in [1.165, 1.54) is 12.1 Å². The van der Waals surface area contributed by atoms with Crippen molar-refractivity contribution in [3.05, 3.63) is 23.8 Å². The first-order valence-electron chi connectivity index (χ1n) is 4.90. The molecule has 0 fully saturated rings. The Morgan fingerprint density at radius 1 is 1.53 bits per heavy atom. The largest absolute Gasteiger partial charge is 0.491 e. The van der Waals surface area contributed by atoms with Gasteiger partial charge < -0.3 is 15.6 Å². The molecule has 0 saturated heterocycles. The summed E-state index contributed by atoms with van der Waals surface area (Å²) in [6, 6.07) is 4.48. The van der Waals surface area contributed by atoms with Crippen LogP contribution in [0, 0.1) is 0 Å². The van der Waals surface area contributed by atoms with Crippen molar-refractivity contribution >= 4 is 11.7 Å². The van der Waals surface area contributed by atoms with Gasteiger partial charge in [0.05, 0.1) is 17.9 Å². The smallest absolute Gasteiger partial charge is 0.335 e. The number of hydrogen-bond donors (Lipinski definition) is 2. The van der Waals surface area contributed by atoms with Crippen molar-refractivity contribution in [1.29, 1.82) is 0 Å². The number of hydrogen-bond acceptors (Lipinski definition) is 3. The van der Waals surface area contributed by atoms with Gasteiger partial charge in [-0.1, -0.05) is 13.3 Å². The average molecular weight is 209 g/mol. The summed E-state index contributed by atoms with van der Waals surface area (Å²) >= 11 is 0. The maximum Gasteiger partial charge on any atom is 0.335 e. The highest BCUT2D eigenvalue weighted by molar-refractivity contribution is 5.89. The highest BCUT2D eigenvalue weighted by Crippen LogP contribution is 2.22. The molecule has 82 valence electrons. The standard InChI is InChI=1S/C11H15NO3/c1-2-3-6-15-10-5-4-8(11(13)14)7-9(10)12/h4-5,7H,2-3,6,12H2,1H3,(H,13,14). The van der Waals surface area contributed by atoms with Crippen LogP contribution in [-0.2, 0) is 0 Å². The Morgan fingerprint density at radius 3 is 2.80 bits per heavy atom. The molecule has 0 unspecified atom stereocenters. The van der Waals surface area contributed by atoms with Crippen LogP contribution in [0.1, 0.15) is 30.1 Å². The van der Waals surface area contributed by atoms with Crippen LogP contribution in [-0.4, -0.2) is 17.7 Å². The molecule has 0 heterocycles. The summed E-state index contributed by atoms with van der Waals surface area (Å²) < 4.78 is 5.39. The van der Waals surface area contributed by atoms with Crippen molar-refractivity contribution in [2.24, 2.45) is 0 Å². The third-order valence-corrected chi connectivity index (χ3v) is 2.01. The maximum atomic E-state index is 10.6. The molecule has 0 aliphatic rings. The number of nitrogen functional groups attached to an aromatic ring is 1. The lowest BCUT2D eigenvalue weighted by Crippen LogP contribution is -2.02. The zero-order valence-electron chi connectivity index (χ0n) is 8.69. The van der Waals surface area contributed by atoms with Gasteiger partial charge in [0.25, 0.3) is 0 Å². The Kier molecular flexibility index (Phi) is 3.97. The second-order valence-corrected chi connectivity index (χ2v) is 3.26. The number of benzene rings is 1. The molecule has 0 radical (unpaired) electrons. The molecule has 0 bridgehead atoms. The molecule has 4 nitrogen and oxygen atoms in total. The first-order valence-corrected chi connectivity index (χ1v) is 4.90. The molecule has 0 aliphatic carbocycles. The molecule has 1 rings (SSSR count). The predicted octanol–water partition coefficient (Wildman–Crippen LogP) is 2.15. The van der Waals surface area contributed by atoms with Crippen molar-refractivity contribution in [1.82, 2.24) is 0 Å². The van der Waals surface area contributed by atoms with Crippen LogP contribution in [0.4, 0.5) is 5.69 Å². The van der Waals surface area contributed by atoms with Crippen molar-refractivity contribution in [2.75, 3.05) is 12.3 Å². The molecular formula is C11H15NO3. The number of rotatable bonds is 5. The molecule has 0 saturated carbocycles. The van der Waals surface area contributed by atoms with Crippen molar-refractivity contribution in [2.45, 2.75) is 19.8 Å². The van der Waals surface area contributed by atoms with Crippen LogP contribution in [0.3, 0.4) is 0 Å². The number of aromatic carboxylic acids is 1. The summed E-state index contributed by atoms with van der Waals surface area (Å²) in [4.78, 5) is 10.6. The fourth-order valence-corrected chi connectivity index (χ4v) is 1.14. The SMILES string of the molecule is CCCCOc1ccc(C(=O)O)cc1N. The van der Waals surface area contributed by atoms with Gasteiger partial charge in [0.2, 0.25) is 0 Å². The summed E-state index contributed by atoms with van der Waals surface area (Å²) in [5.74, 6) is -0.435. The van der Waals surface area contributed by atoms with E-state index in [4.69, 9.17) is 15.6 Å². The van der Waals surface area contributed by atoms with Crippen molar-refractivity contribution in [3.63, 3.8) is 0 Å². The van der Waals surface area contributed by atoms with E-state index in [2.05, 4.69) is 6.92 Å². The third-order valence-electron chi connectivity index (χ3n) is 2.01. The molecule has 0 atom stereocenters. The second-order valence-electron chi connectivity index (χ2n) is 3.26. The van der Waals surface area contributed by atoms with E-state index >= 15 is 0 Å². The summed E-state index contributed by atoms with van der Waals surface area (Å²) in [6.07, 6.45) is 2.01. The van der Waals surface area contributed by atoms with Crippen LogP contribution in [0.25, 0.3) is 0 Å². The van der Waals surface area contributed by atoms with E-state index in [0.717, 1.165) is 12.8 Å². The zero-order valence-corrected chi connectivity index (χ0v) is 8.69. The molecule has 0 aromatic heterocycles. The van der Waals surface area contributed by atoms with Crippen LogP contribution < -0.4 is 10.5 Å². The second kappa shape index (κ2) is 5.24. The number of carboxylic acid groups (broad SMARTS) is 1. The number of carbonyl (C=O) groups is 1. The summed E-state index contributed by atoms with van der Waals surface area (Å²) in [6.45, 7) is 2.67. The molecule has 3 N–H and O–H groups in total. The van der Waals surface area contributed by atoms with E-state index < -0.39 is 5.97 Å². The Morgan fingerprint density at radius 2 is 2.27 bits per heavy atom. The molecule has 1 aromatic carbocycles. The number of carboxylic acids is 1. The predicted molar refractivity (Wildman–Crippen MR) is 58.2 cm³/mol. The Labute approximate surface area is 88.7 Å². The Balaban J connectivity index is 2.70. The summed E-state index contributed by atoms with van der Waals surface area (Å²) in [7, 11) is 0. The van der Waals surface area contributed by atoms with Gasteiger partial charge in [-0.3, -0.25) is 0 Å². The summed E-state index contributed by atoms with van der Waals surface area (Å²) in [5, 5.41) is 8.72. The van der Waals surface area contributed by atoms with Gasteiger partial charge in [0, 0.05) is 0 Å². The highest BCUT2D eigenvalue weighted by Gasteiger charge is 2.06. The minimum atomic E-state index is -0.984. The number of anilines is 1. The topological polar surface area (TPSA) is 72.5 Å². The van der Waals surface area contributed by atoms with Crippen LogP contribution in [0.5, 0.6) is 5.75 Å². The Bertz CT molecular complexity index is 350. The van der Waals surface area contributed by atoms with Gasteiger partial charge in [-0.15, -0.1) is 0 Å². The molecule has 4 heteroatoms. The lowest BCUT2D eigenvalue weighted by molar-refractivity contribution is 0.0697. The van der Waals surface area contributed by atoms with E-state index in [0.29, 0.717) is 18.0 Å². The number of ether oxygens (including phenoxy) is 1. The molecule has 15 heavy (non-hydrogen) atoms. The molecule has 1 aromatic rings. The number of unbranched alkanes of at least 4 members (excludes halogenated alkanes) is 1. The zero-order chi connectivity index (χ0) is 11.3. The molecule has 0 spiro atoms. The summed E-state index contributed by atoms with van der Waals surface area (Å²) in [5.41, 5.74) is 6.20. The first-order chi connectivity index (χ1) is 7.15. The van der Waals surface area contributed by atoms with Gasteiger partial charge in [-0.25, -0.2) is 4.79 Å². The Hall–Kier alpha value is -1.71. The van der Waals surface area contributed by atoms with Crippen molar-refractivity contribution in [3.8, 4) is 5.75 Å². The molecular weight excluding hydrogens is 194 g/mol. The maximum absolute atomic E-state index is 10.6. The minimum absolute atomic E-state index is 0.176. The van der Waals surface area contributed by atoms with E-state index in [1.54, 1.807) is 6.07 Å². The van der Waals surface area contributed by atoms with E-state index in [1.807, 2.05) is 0 Å². The lowest BCUT2D eigenvalue weighted by atomic mass is 10.2. The van der Waals surface area contributed by atoms with Gasteiger partial charge in [0.15, 0.2) is 0 Å². The highest BCUT2D eigenvalue weighted by atomic mass is 16.5. The van der Waals surface area contributed by atoms with Gasteiger partial charge >= 0.3 is 5.97 Å². The fraction of sp³-hybridized carbons (Fsp3) is 0.364. The lowest BCUT2D eigenvalue weighted by Gasteiger charge is -2.08. The van der Waals surface area contributed by atoms with E-state index in [9.17, 15) is 4.79 Å². The fourth-order valence-electron chi connectivity index (χ4n) is 1.14. The van der Waals surface area contributed by atoms with E-state index in [-0.39, 0.29) is 5.56 Å². The van der Waals surface area contributed by atoms with Gasteiger partial charge in [-0.05, 0) is 24.6 Å². The third kappa shape index (κ3) is 3.16. The average Bonchev–Trinajstić information content (AvgIpc) is 2.20. The first kappa shape index (κ1) is 11.4.